The fourth-order valence-electron chi connectivity index (χ4n) is 5.42. The van der Waals surface area contributed by atoms with Crippen LogP contribution in [0.1, 0.15) is 40.6 Å². The highest BCUT2D eigenvalue weighted by Gasteiger charge is 2.49. The summed E-state index contributed by atoms with van der Waals surface area (Å²) in [6.45, 7) is 5.60. The van der Waals surface area contributed by atoms with E-state index in [9.17, 15) is 4.79 Å². The van der Waals surface area contributed by atoms with Crippen molar-refractivity contribution in [3.05, 3.63) is 59.7 Å². The summed E-state index contributed by atoms with van der Waals surface area (Å²) in [4.78, 5) is 20.3. The van der Waals surface area contributed by atoms with Gasteiger partial charge in [0.1, 0.15) is 0 Å². The van der Waals surface area contributed by atoms with Crippen molar-refractivity contribution in [3.63, 3.8) is 0 Å². The molecule has 1 aliphatic carbocycles. The van der Waals surface area contributed by atoms with Crippen LogP contribution in [0.25, 0.3) is 16.9 Å². The van der Waals surface area contributed by atoms with E-state index in [4.69, 9.17) is 14.0 Å². The predicted octanol–water partition coefficient (Wildman–Crippen LogP) is 3.67. The summed E-state index contributed by atoms with van der Waals surface area (Å²) in [6.07, 6.45) is 5.56. The van der Waals surface area contributed by atoms with Gasteiger partial charge < -0.3 is 24.2 Å². The topological polar surface area (TPSA) is 107 Å². The fourth-order valence-corrected chi connectivity index (χ4v) is 5.42. The number of nitrogens with zero attached hydrogens (tertiary/aromatic N) is 5. The van der Waals surface area contributed by atoms with Crippen molar-refractivity contribution in [1.29, 1.82) is 0 Å². The number of rotatable bonds is 6. The molecule has 0 radical (unpaired) electrons. The number of methoxy groups -OCH3 is 1. The van der Waals surface area contributed by atoms with Gasteiger partial charge in [0.25, 0.3) is 5.91 Å². The molecule has 4 aromatic rings. The number of carbonyl (C=O) groups is 1. The molecule has 0 unspecified atom stereocenters. The summed E-state index contributed by atoms with van der Waals surface area (Å²) < 4.78 is 18.0. The van der Waals surface area contributed by atoms with Crippen LogP contribution in [0.5, 0.6) is 0 Å². The highest BCUT2D eigenvalue weighted by atomic mass is 16.5. The van der Waals surface area contributed by atoms with Crippen LogP contribution in [-0.4, -0.2) is 65.2 Å². The second-order valence-corrected chi connectivity index (χ2v) is 10.6. The van der Waals surface area contributed by atoms with Crippen LogP contribution in [-0.2, 0) is 9.47 Å². The first-order valence-electron chi connectivity index (χ1n) is 12.6. The highest BCUT2D eigenvalue weighted by Crippen LogP contribution is 2.41. The van der Waals surface area contributed by atoms with Crippen molar-refractivity contribution in [2.45, 2.75) is 31.8 Å². The third kappa shape index (κ3) is 3.79. The molecule has 1 spiro atoms. The van der Waals surface area contributed by atoms with Crippen molar-refractivity contribution in [2.75, 3.05) is 43.6 Å². The monoisotopic (exact) mass is 500 g/mol. The first-order chi connectivity index (χ1) is 18.0. The smallest absolute Gasteiger partial charge is 0.259 e. The molecular weight excluding hydrogens is 472 g/mol. The number of nitrogens with one attached hydrogen (secondary N) is 1. The Labute approximate surface area is 213 Å². The van der Waals surface area contributed by atoms with Crippen LogP contribution in [0.4, 0.5) is 11.4 Å². The molecule has 7 rings (SSSR count). The summed E-state index contributed by atoms with van der Waals surface area (Å²) in [5.74, 6) is 1.17. The zero-order valence-corrected chi connectivity index (χ0v) is 20.8. The van der Waals surface area contributed by atoms with E-state index in [0.717, 1.165) is 61.5 Å². The summed E-state index contributed by atoms with van der Waals surface area (Å²) in [5, 5.41) is 11.6. The number of aryl methyl sites for hydroxylation is 1. The summed E-state index contributed by atoms with van der Waals surface area (Å²) in [6, 6.07) is 9.85. The molecule has 37 heavy (non-hydrogen) atoms. The average molecular weight is 501 g/mol. The Morgan fingerprint density at radius 1 is 1.19 bits per heavy atom. The second-order valence-electron chi connectivity index (χ2n) is 10.6. The van der Waals surface area contributed by atoms with Crippen molar-refractivity contribution < 1.29 is 18.8 Å². The van der Waals surface area contributed by atoms with Gasteiger partial charge in [0.15, 0.2) is 0 Å². The van der Waals surface area contributed by atoms with Crippen LogP contribution >= 0.6 is 0 Å². The number of carbonyl (C=O) groups excluding carboxylic acids is 1. The predicted molar refractivity (Wildman–Crippen MR) is 136 cm³/mol. The Morgan fingerprint density at radius 2 is 2.03 bits per heavy atom. The van der Waals surface area contributed by atoms with E-state index in [0.29, 0.717) is 28.4 Å². The number of hydrogen-bond acceptors (Lipinski definition) is 8. The second kappa shape index (κ2) is 8.39. The standard InChI is InChI=1S/C27H28N6O4/c1-16-3-4-17(24-30-26(37-31-24)18-7-20(8-18)35-2)9-22(16)29-25(34)21-11-28-33-6-5-19(10-23(21)33)32-12-27(13-32)14-36-15-27/h3-6,9-11,18,20H,7-8,12-15H2,1-2H3,(H,29,34). The van der Waals surface area contributed by atoms with E-state index < -0.39 is 0 Å². The molecule has 0 atom stereocenters. The Kier molecular flexibility index (Phi) is 5.09. The zero-order chi connectivity index (χ0) is 25.1. The van der Waals surface area contributed by atoms with Gasteiger partial charge in [0, 0.05) is 49.3 Å². The largest absolute Gasteiger partial charge is 0.381 e. The Balaban J connectivity index is 1.10. The van der Waals surface area contributed by atoms with Gasteiger partial charge in [-0.05, 0) is 43.5 Å². The molecule has 1 amide bonds. The molecule has 5 heterocycles. The Bertz CT molecular complexity index is 1490. The molecule has 3 aliphatic rings. The number of hydrogen-bond donors (Lipinski definition) is 1. The number of amides is 1. The van der Waals surface area contributed by atoms with Crippen molar-refractivity contribution in [3.8, 4) is 11.4 Å². The normalized spacial score (nSPS) is 21.9. The van der Waals surface area contributed by atoms with E-state index in [1.54, 1.807) is 17.8 Å². The number of anilines is 2. The van der Waals surface area contributed by atoms with Crippen LogP contribution in [0.15, 0.2) is 47.2 Å². The maximum Gasteiger partial charge on any atom is 0.259 e. The highest BCUT2D eigenvalue weighted by molar-refractivity contribution is 6.09. The third-order valence-electron chi connectivity index (χ3n) is 7.95. The van der Waals surface area contributed by atoms with Crippen molar-refractivity contribution >= 4 is 22.8 Å². The van der Waals surface area contributed by atoms with Crippen molar-refractivity contribution in [2.24, 2.45) is 5.41 Å². The van der Waals surface area contributed by atoms with Gasteiger partial charge in [-0.15, -0.1) is 0 Å². The third-order valence-corrected chi connectivity index (χ3v) is 7.95. The molecule has 10 nitrogen and oxygen atoms in total. The number of benzene rings is 1. The molecule has 10 heteroatoms. The zero-order valence-electron chi connectivity index (χ0n) is 20.8. The fraction of sp³-hybridized carbons (Fsp3) is 0.407. The molecule has 1 saturated carbocycles. The molecule has 0 bridgehead atoms. The minimum atomic E-state index is -0.214. The van der Waals surface area contributed by atoms with Gasteiger partial charge in [-0.1, -0.05) is 17.3 Å². The average Bonchev–Trinajstić information content (AvgIpc) is 3.45. The minimum absolute atomic E-state index is 0.214. The number of pyridine rings is 1. The van der Waals surface area contributed by atoms with Crippen LogP contribution < -0.4 is 10.2 Å². The summed E-state index contributed by atoms with van der Waals surface area (Å²) in [7, 11) is 1.72. The molecule has 2 saturated heterocycles. The van der Waals surface area contributed by atoms with Crippen molar-refractivity contribution in [1.82, 2.24) is 19.8 Å². The molecule has 3 fully saturated rings. The lowest BCUT2D eigenvalue weighted by Gasteiger charge is -2.56. The van der Waals surface area contributed by atoms with Crippen LogP contribution in [0.3, 0.4) is 0 Å². The van der Waals surface area contributed by atoms with Gasteiger partial charge in [0.05, 0.1) is 42.0 Å². The van der Waals surface area contributed by atoms with Crippen LogP contribution in [0.2, 0.25) is 0 Å². The first kappa shape index (κ1) is 22.4. The lowest BCUT2D eigenvalue weighted by atomic mass is 9.78. The molecule has 1 N–H and O–H groups in total. The summed E-state index contributed by atoms with van der Waals surface area (Å²) in [5.41, 5.74) is 5.12. The Hall–Kier alpha value is -3.76. The lowest BCUT2D eigenvalue weighted by molar-refractivity contribution is -0.127. The Morgan fingerprint density at radius 3 is 2.78 bits per heavy atom. The quantitative estimate of drug-likeness (QED) is 0.427. The maximum atomic E-state index is 13.4. The van der Waals surface area contributed by atoms with Gasteiger partial charge in [0.2, 0.25) is 11.7 Å². The molecular formula is C27H28N6O4. The van der Waals surface area contributed by atoms with E-state index >= 15 is 0 Å². The number of aromatic nitrogens is 4. The molecule has 2 aliphatic heterocycles. The molecule has 3 aromatic heterocycles. The van der Waals surface area contributed by atoms with Crippen LogP contribution in [0, 0.1) is 12.3 Å². The SMILES string of the molecule is COC1CC(c2nc(-c3ccc(C)c(NC(=O)c4cnn5ccc(N6CC7(COC7)C6)cc45)c3)no2)C1. The lowest BCUT2D eigenvalue weighted by Crippen LogP contribution is -2.66. The van der Waals surface area contributed by atoms with Gasteiger partial charge in [-0.25, -0.2) is 4.52 Å². The van der Waals surface area contributed by atoms with Gasteiger partial charge in [-0.2, -0.15) is 10.1 Å². The van der Waals surface area contributed by atoms with Gasteiger partial charge >= 0.3 is 0 Å². The summed E-state index contributed by atoms with van der Waals surface area (Å²) >= 11 is 0. The maximum absolute atomic E-state index is 13.4. The molecule has 190 valence electrons. The number of fused-ring (bicyclic) bond motifs is 1. The molecule has 1 aromatic carbocycles. The van der Waals surface area contributed by atoms with E-state index in [2.05, 4.69) is 25.5 Å². The minimum Gasteiger partial charge on any atom is -0.381 e. The first-order valence-corrected chi connectivity index (χ1v) is 12.6. The van der Waals surface area contributed by atoms with Gasteiger partial charge in [-0.3, -0.25) is 4.79 Å². The number of ether oxygens (including phenoxy) is 2. The van der Waals surface area contributed by atoms with E-state index in [-0.39, 0.29) is 17.9 Å². The van der Waals surface area contributed by atoms with E-state index in [1.807, 2.05) is 43.5 Å². The van der Waals surface area contributed by atoms with E-state index in [1.165, 1.54) is 0 Å².